The van der Waals surface area contributed by atoms with Gasteiger partial charge in [0, 0.05) is 50.4 Å². The average Bonchev–Trinajstić information content (AvgIpc) is 2.81. The molecule has 0 radical (unpaired) electrons. The first-order valence-electron chi connectivity index (χ1n) is 11.8. The van der Waals surface area contributed by atoms with Crippen LogP contribution in [0.15, 0.2) is 54.7 Å². The van der Waals surface area contributed by atoms with Crippen LogP contribution in [0.1, 0.15) is 49.8 Å². The molecular formula is C26H37N3O. The zero-order valence-electron chi connectivity index (χ0n) is 18.3. The summed E-state index contributed by atoms with van der Waals surface area (Å²) in [7, 11) is 0. The molecule has 0 aliphatic carbocycles. The zero-order chi connectivity index (χ0) is 20.7. The highest BCUT2D eigenvalue weighted by atomic mass is 16.3. The molecule has 30 heavy (non-hydrogen) atoms. The van der Waals surface area contributed by atoms with Gasteiger partial charge in [-0.3, -0.25) is 14.8 Å². The number of likely N-dealkylation sites (tertiary alicyclic amines) is 2. The van der Waals surface area contributed by atoms with Gasteiger partial charge in [0.05, 0.1) is 5.69 Å². The van der Waals surface area contributed by atoms with Gasteiger partial charge < -0.3 is 5.11 Å². The number of rotatable bonds is 8. The molecule has 3 heterocycles. The molecule has 4 nitrogen and oxygen atoms in total. The van der Waals surface area contributed by atoms with Crippen LogP contribution in [0.5, 0.6) is 0 Å². The van der Waals surface area contributed by atoms with Crippen molar-refractivity contribution in [3.63, 3.8) is 0 Å². The number of aryl methyl sites for hydroxylation is 1. The third-order valence-corrected chi connectivity index (χ3v) is 7.23. The first-order chi connectivity index (χ1) is 14.8. The van der Waals surface area contributed by atoms with E-state index in [4.69, 9.17) is 0 Å². The minimum atomic E-state index is 0.0954. The minimum absolute atomic E-state index is 0.0954. The van der Waals surface area contributed by atoms with Gasteiger partial charge in [-0.25, -0.2) is 0 Å². The van der Waals surface area contributed by atoms with Crippen molar-refractivity contribution in [2.75, 3.05) is 32.8 Å². The first kappa shape index (κ1) is 21.5. The van der Waals surface area contributed by atoms with Crippen molar-refractivity contribution in [3.8, 4) is 0 Å². The lowest BCUT2D eigenvalue weighted by molar-refractivity contribution is -0.00925. The number of aliphatic hydroxyl groups is 1. The Balaban J connectivity index is 1.26. The standard InChI is InChI=1S/C26H37N3O/c30-22-26(14-6-10-23-8-2-1-3-9-23)15-7-17-29(21-26)25-12-18-28(19-13-25)20-24-11-4-5-16-27-24/h1-5,8-9,11,16,25,30H,6-7,10,12-15,17-22H2/t26-/m1/s1. The van der Waals surface area contributed by atoms with Crippen LogP contribution in [0.3, 0.4) is 0 Å². The number of benzene rings is 1. The summed E-state index contributed by atoms with van der Waals surface area (Å²) < 4.78 is 0. The Hall–Kier alpha value is -1.75. The third kappa shape index (κ3) is 5.69. The highest BCUT2D eigenvalue weighted by Gasteiger charge is 2.37. The molecule has 2 fully saturated rings. The van der Waals surface area contributed by atoms with Crippen LogP contribution in [0.4, 0.5) is 0 Å². The van der Waals surface area contributed by atoms with E-state index < -0.39 is 0 Å². The summed E-state index contributed by atoms with van der Waals surface area (Å²) in [5, 5.41) is 10.3. The van der Waals surface area contributed by atoms with E-state index in [0.717, 1.165) is 39.0 Å². The molecule has 1 atom stereocenters. The lowest BCUT2D eigenvalue weighted by atomic mass is 9.75. The number of nitrogens with zero attached hydrogens (tertiary/aromatic N) is 3. The number of piperidine rings is 2. The Kier molecular flexibility index (Phi) is 7.53. The molecule has 1 aromatic heterocycles. The van der Waals surface area contributed by atoms with Crippen molar-refractivity contribution >= 4 is 0 Å². The monoisotopic (exact) mass is 407 g/mol. The highest BCUT2D eigenvalue weighted by molar-refractivity contribution is 5.14. The van der Waals surface area contributed by atoms with E-state index in [1.165, 1.54) is 49.9 Å². The molecular weight excluding hydrogens is 370 g/mol. The molecule has 2 aliphatic heterocycles. The van der Waals surface area contributed by atoms with Crippen molar-refractivity contribution in [2.45, 2.75) is 57.5 Å². The van der Waals surface area contributed by atoms with Crippen molar-refractivity contribution in [1.29, 1.82) is 0 Å². The number of hydrogen-bond donors (Lipinski definition) is 1. The lowest BCUT2D eigenvalue weighted by Gasteiger charge is -2.47. The van der Waals surface area contributed by atoms with Gasteiger partial charge in [-0.05, 0) is 69.2 Å². The molecule has 0 saturated carbocycles. The summed E-state index contributed by atoms with van der Waals surface area (Å²) in [6.07, 6.45) is 10.2. The largest absolute Gasteiger partial charge is 0.396 e. The second-order valence-electron chi connectivity index (χ2n) is 9.40. The van der Waals surface area contributed by atoms with Crippen LogP contribution in [-0.2, 0) is 13.0 Å². The maximum atomic E-state index is 10.3. The molecule has 2 saturated heterocycles. The molecule has 2 aliphatic rings. The van der Waals surface area contributed by atoms with Gasteiger partial charge in [0.25, 0.3) is 0 Å². The highest BCUT2D eigenvalue weighted by Crippen LogP contribution is 2.36. The second-order valence-corrected chi connectivity index (χ2v) is 9.40. The molecule has 1 aromatic carbocycles. The molecule has 2 aromatic rings. The minimum Gasteiger partial charge on any atom is -0.396 e. The average molecular weight is 408 g/mol. The summed E-state index contributed by atoms with van der Waals surface area (Å²) in [5.41, 5.74) is 2.68. The summed E-state index contributed by atoms with van der Waals surface area (Å²) in [5.74, 6) is 0. The van der Waals surface area contributed by atoms with Gasteiger partial charge in [0.15, 0.2) is 0 Å². The Labute approximate surface area is 181 Å². The lowest BCUT2D eigenvalue weighted by Crippen LogP contribution is -2.52. The van der Waals surface area contributed by atoms with E-state index in [-0.39, 0.29) is 5.41 Å². The van der Waals surface area contributed by atoms with Crippen LogP contribution in [0.2, 0.25) is 0 Å². The predicted molar refractivity (Wildman–Crippen MR) is 122 cm³/mol. The molecule has 0 bridgehead atoms. The smallest absolute Gasteiger partial charge is 0.0543 e. The third-order valence-electron chi connectivity index (χ3n) is 7.23. The fourth-order valence-electron chi connectivity index (χ4n) is 5.45. The van der Waals surface area contributed by atoms with E-state index in [0.29, 0.717) is 12.6 Å². The fourth-order valence-corrected chi connectivity index (χ4v) is 5.45. The van der Waals surface area contributed by atoms with Crippen molar-refractivity contribution in [2.24, 2.45) is 5.41 Å². The van der Waals surface area contributed by atoms with Gasteiger partial charge >= 0.3 is 0 Å². The number of aliphatic hydroxyl groups excluding tert-OH is 1. The number of aromatic nitrogens is 1. The van der Waals surface area contributed by atoms with E-state index in [1.54, 1.807) is 0 Å². The van der Waals surface area contributed by atoms with Crippen molar-refractivity contribution in [1.82, 2.24) is 14.8 Å². The zero-order valence-corrected chi connectivity index (χ0v) is 18.3. The normalized spacial score (nSPS) is 24.2. The Bertz CT molecular complexity index is 745. The quantitative estimate of drug-likeness (QED) is 0.714. The fraction of sp³-hybridized carbons (Fsp3) is 0.577. The topological polar surface area (TPSA) is 39.6 Å². The van der Waals surface area contributed by atoms with Crippen LogP contribution in [0.25, 0.3) is 0 Å². The predicted octanol–water partition coefficient (Wildman–Crippen LogP) is 4.14. The van der Waals surface area contributed by atoms with Gasteiger partial charge in [-0.2, -0.15) is 0 Å². The summed E-state index contributed by atoms with van der Waals surface area (Å²) in [6.45, 7) is 5.87. The molecule has 1 N–H and O–H groups in total. The number of hydrogen-bond acceptors (Lipinski definition) is 4. The van der Waals surface area contributed by atoms with Gasteiger partial charge in [0.2, 0.25) is 0 Å². The summed E-state index contributed by atoms with van der Waals surface area (Å²) >= 11 is 0. The molecule has 0 amide bonds. The Morgan fingerprint density at radius 2 is 1.80 bits per heavy atom. The SMILES string of the molecule is OC[C@]1(CCCc2ccccc2)CCCN(C2CCN(Cc3ccccn3)CC2)C1. The second kappa shape index (κ2) is 10.5. The van der Waals surface area contributed by atoms with E-state index in [2.05, 4.69) is 57.2 Å². The number of pyridine rings is 1. The Morgan fingerprint density at radius 1 is 1.00 bits per heavy atom. The Morgan fingerprint density at radius 3 is 2.53 bits per heavy atom. The molecule has 0 spiro atoms. The molecule has 4 heteroatoms. The summed E-state index contributed by atoms with van der Waals surface area (Å²) in [6, 6.07) is 17.6. The van der Waals surface area contributed by atoms with Crippen LogP contribution in [0, 0.1) is 5.41 Å². The van der Waals surface area contributed by atoms with Crippen LogP contribution in [-0.4, -0.2) is 58.7 Å². The van der Waals surface area contributed by atoms with Crippen molar-refractivity contribution < 1.29 is 5.11 Å². The van der Waals surface area contributed by atoms with Crippen LogP contribution >= 0.6 is 0 Å². The van der Waals surface area contributed by atoms with Gasteiger partial charge in [-0.15, -0.1) is 0 Å². The maximum Gasteiger partial charge on any atom is 0.0543 e. The van der Waals surface area contributed by atoms with E-state index in [1.807, 2.05) is 12.3 Å². The van der Waals surface area contributed by atoms with E-state index >= 15 is 0 Å². The van der Waals surface area contributed by atoms with Crippen molar-refractivity contribution in [3.05, 3.63) is 66.0 Å². The first-order valence-corrected chi connectivity index (χ1v) is 11.8. The van der Waals surface area contributed by atoms with Gasteiger partial charge in [-0.1, -0.05) is 36.4 Å². The molecule has 162 valence electrons. The maximum absolute atomic E-state index is 10.3. The molecule has 0 unspecified atom stereocenters. The van der Waals surface area contributed by atoms with Gasteiger partial charge in [0.1, 0.15) is 0 Å². The van der Waals surface area contributed by atoms with Crippen LogP contribution < -0.4 is 0 Å². The summed E-state index contributed by atoms with van der Waals surface area (Å²) in [4.78, 5) is 9.73. The van der Waals surface area contributed by atoms with E-state index in [9.17, 15) is 5.11 Å². The molecule has 4 rings (SSSR count).